The third-order valence-corrected chi connectivity index (χ3v) is 3.25. The van der Waals surface area contributed by atoms with Crippen LogP contribution in [0.2, 0.25) is 0 Å². The van der Waals surface area contributed by atoms with Crippen LogP contribution in [0.5, 0.6) is 0 Å². The quantitative estimate of drug-likeness (QED) is 0.777. The van der Waals surface area contributed by atoms with Gasteiger partial charge in [0.25, 0.3) is 0 Å². The van der Waals surface area contributed by atoms with Crippen LogP contribution in [0.4, 0.5) is 0 Å². The summed E-state index contributed by atoms with van der Waals surface area (Å²) in [5, 5.41) is 0. The molecule has 0 radical (unpaired) electrons. The van der Waals surface area contributed by atoms with Crippen LogP contribution in [0.3, 0.4) is 0 Å². The van der Waals surface area contributed by atoms with E-state index in [2.05, 4.69) is 29.0 Å². The van der Waals surface area contributed by atoms with Gasteiger partial charge in [0.1, 0.15) is 12.0 Å². The van der Waals surface area contributed by atoms with Gasteiger partial charge in [0.15, 0.2) is 0 Å². The minimum absolute atomic E-state index is 0.608. The number of aromatic nitrogens is 3. The Kier molecular flexibility index (Phi) is 3.01. The van der Waals surface area contributed by atoms with E-state index >= 15 is 0 Å². The van der Waals surface area contributed by atoms with Gasteiger partial charge in [-0.05, 0) is 24.6 Å². The maximum atomic E-state index is 5.59. The van der Waals surface area contributed by atoms with Crippen molar-refractivity contribution in [2.24, 2.45) is 5.73 Å². The summed E-state index contributed by atoms with van der Waals surface area (Å²) >= 11 is 0. The molecule has 0 bridgehead atoms. The van der Waals surface area contributed by atoms with Crippen LogP contribution in [0.25, 0.3) is 16.8 Å². The molecule has 2 heterocycles. The van der Waals surface area contributed by atoms with E-state index in [-0.39, 0.29) is 0 Å². The first-order valence-electron chi connectivity index (χ1n) is 6.37. The van der Waals surface area contributed by atoms with Gasteiger partial charge in [0.05, 0.1) is 5.69 Å². The molecule has 96 valence electrons. The molecule has 0 aliphatic rings. The summed E-state index contributed by atoms with van der Waals surface area (Å²) in [4.78, 5) is 8.96. The highest BCUT2D eigenvalue weighted by Crippen LogP contribution is 2.26. The number of hydrogen-bond acceptors (Lipinski definition) is 3. The third kappa shape index (κ3) is 2.11. The van der Waals surface area contributed by atoms with E-state index < -0.39 is 0 Å². The molecule has 0 saturated carbocycles. The molecule has 0 saturated heterocycles. The molecule has 0 unspecified atom stereocenters. The van der Waals surface area contributed by atoms with E-state index in [9.17, 15) is 0 Å². The van der Waals surface area contributed by atoms with Gasteiger partial charge in [-0.25, -0.2) is 9.97 Å². The Labute approximate surface area is 111 Å². The molecule has 3 aromatic rings. The number of benzene rings is 1. The summed E-state index contributed by atoms with van der Waals surface area (Å²) in [6.45, 7) is 2.71. The number of hydrogen-bond donors (Lipinski definition) is 1. The zero-order valence-electron chi connectivity index (χ0n) is 10.9. The van der Waals surface area contributed by atoms with E-state index in [1.807, 2.05) is 28.9 Å². The molecular formula is C15H16N4. The molecule has 4 heteroatoms. The van der Waals surface area contributed by atoms with Gasteiger partial charge in [-0.15, -0.1) is 0 Å². The summed E-state index contributed by atoms with van der Waals surface area (Å²) in [6, 6.07) is 8.28. The Balaban J connectivity index is 2.21. The van der Waals surface area contributed by atoms with Crippen molar-refractivity contribution in [2.45, 2.75) is 13.3 Å². The van der Waals surface area contributed by atoms with Crippen molar-refractivity contribution in [3.05, 3.63) is 54.2 Å². The maximum absolute atomic E-state index is 5.59. The summed E-state index contributed by atoms with van der Waals surface area (Å²) in [7, 11) is 0. The Morgan fingerprint density at radius 2 is 2.05 bits per heavy atom. The van der Waals surface area contributed by atoms with Crippen molar-refractivity contribution >= 4 is 5.65 Å². The maximum Gasteiger partial charge on any atom is 0.147 e. The molecule has 19 heavy (non-hydrogen) atoms. The number of nitrogens with zero attached hydrogens (tertiary/aromatic N) is 3. The van der Waals surface area contributed by atoms with Gasteiger partial charge in [-0.1, -0.05) is 24.3 Å². The second-order valence-corrected chi connectivity index (χ2v) is 4.62. The lowest BCUT2D eigenvalue weighted by atomic mass is 10.0. The fourth-order valence-corrected chi connectivity index (χ4v) is 2.30. The van der Waals surface area contributed by atoms with Crippen molar-refractivity contribution in [3.63, 3.8) is 0 Å². The highest BCUT2D eigenvalue weighted by Gasteiger charge is 2.10. The Bertz CT molecular complexity index is 715. The molecule has 3 rings (SSSR count). The van der Waals surface area contributed by atoms with Gasteiger partial charge >= 0.3 is 0 Å². The monoisotopic (exact) mass is 252 g/mol. The highest BCUT2D eigenvalue weighted by atomic mass is 15.0. The van der Waals surface area contributed by atoms with Crippen LogP contribution in [0, 0.1) is 6.92 Å². The van der Waals surface area contributed by atoms with Crippen LogP contribution in [0.1, 0.15) is 11.3 Å². The molecule has 4 nitrogen and oxygen atoms in total. The predicted molar refractivity (Wildman–Crippen MR) is 75.9 cm³/mol. The molecule has 0 aliphatic carbocycles. The molecule has 2 N–H and O–H groups in total. The van der Waals surface area contributed by atoms with E-state index in [1.165, 1.54) is 11.1 Å². The zero-order valence-corrected chi connectivity index (χ0v) is 10.9. The first-order chi connectivity index (χ1) is 9.29. The zero-order chi connectivity index (χ0) is 13.2. The second kappa shape index (κ2) is 4.82. The first kappa shape index (κ1) is 11.9. The van der Waals surface area contributed by atoms with Crippen LogP contribution in [-0.4, -0.2) is 20.9 Å². The number of nitrogens with two attached hydrogens (primary N) is 1. The minimum atomic E-state index is 0.608. The van der Waals surface area contributed by atoms with Crippen LogP contribution in [0.15, 0.2) is 43.0 Å². The predicted octanol–water partition coefficient (Wildman–Crippen LogP) is 2.21. The topological polar surface area (TPSA) is 56.2 Å². The van der Waals surface area contributed by atoms with Crippen LogP contribution in [-0.2, 0) is 6.42 Å². The average molecular weight is 252 g/mol. The Morgan fingerprint density at radius 3 is 2.84 bits per heavy atom. The number of fused-ring (bicyclic) bond motifs is 1. The fraction of sp³-hybridized carbons (Fsp3) is 0.200. The highest BCUT2D eigenvalue weighted by molar-refractivity contribution is 5.78. The molecule has 0 aliphatic heterocycles. The minimum Gasteiger partial charge on any atom is -0.330 e. The lowest BCUT2D eigenvalue weighted by Gasteiger charge is -2.06. The van der Waals surface area contributed by atoms with Gasteiger partial charge in [0.2, 0.25) is 0 Å². The van der Waals surface area contributed by atoms with Crippen LogP contribution < -0.4 is 5.73 Å². The van der Waals surface area contributed by atoms with Crippen molar-refractivity contribution in [1.82, 2.24) is 14.4 Å². The summed E-state index contributed by atoms with van der Waals surface area (Å²) in [5.74, 6) is 0. The average Bonchev–Trinajstić information content (AvgIpc) is 2.82. The van der Waals surface area contributed by atoms with Crippen molar-refractivity contribution in [2.75, 3.05) is 6.54 Å². The molecule has 0 atom stereocenters. The van der Waals surface area contributed by atoms with E-state index in [1.54, 1.807) is 6.33 Å². The molecule has 2 aromatic heterocycles. The molecular weight excluding hydrogens is 236 g/mol. The standard InChI is InChI=1S/C15H16N4/c1-11-4-2-3-5-13(11)14-8-17-10-19-9-12(6-7-16)18-15(14)19/h2-5,8-10H,6-7,16H2,1H3. The summed E-state index contributed by atoms with van der Waals surface area (Å²) in [6.07, 6.45) is 6.44. The fourth-order valence-electron chi connectivity index (χ4n) is 2.30. The molecule has 1 aromatic carbocycles. The number of aryl methyl sites for hydroxylation is 1. The van der Waals surface area contributed by atoms with Gasteiger partial charge < -0.3 is 5.73 Å². The summed E-state index contributed by atoms with van der Waals surface area (Å²) in [5.41, 5.74) is 11.0. The molecule has 0 spiro atoms. The normalized spacial score (nSPS) is 11.1. The van der Waals surface area contributed by atoms with Crippen LogP contribution >= 0.6 is 0 Å². The second-order valence-electron chi connectivity index (χ2n) is 4.62. The largest absolute Gasteiger partial charge is 0.330 e. The summed E-state index contributed by atoms with van der Waals surface area (Å²) < 4.78 is 1.97. The lowest BCUT2D eigenvalue weighted by Crippen LogP contribution is -2.02. The van der Waals surface area contributed by atoms with Gasteiger partial charge in [0, 0.05) is 24.4 Å². The number of rotatable bonds is 3. The lowest BCUT2D eigenvalue weighted by molar-refractivity contribution is 0.936. The Hall–Kier alpha value is -2.20. The van der Waals surface area contributed by atoms with E-state index in [0.29, 0.717) is 6.54 Å². The number of imidazole rings is 1. The third-order valence-electron chi connectivity index (χ3n) is 3.25. The SMILES string of the molecule is Cc1ccccc1-c1cncn2cc(CCN)nc12. The molecule has 0 fully saturated rings. The van der Waals surface area contributed by atoms with E-state index in [4.69, 9.17) is 5.73 Å². The van der Waals surface area contributed by atoms with Gasteiger partial charge in [-0.2, -0.15) is 0 Å². The molecule has 0 amide bonds. The van der Waals surface area contributed by atoms with E-state index in [0.717, 1.165) is 23.3 Å². The van der Waals surface area contributed by atoms with Crippen molar-refractivity contribution < 1.29 is 0 Å². The smallest absolute Gasteiger partial charge is 0.147 e. The first-order valence-corrected chi connectivity index (χ1v) is 6.37. The van der Waals surface area contributed by atoms with Crippen molar-refractivity contribution in [1.29, 1.82) is 0 Å². The van der Waals surface area contributed by atoms with Gasteiger partial charge in [-0.3, -0.25) is 4.40 Å². The van der Waals surface area contributed by atoms with Crippen molar-refractivity contribution in [3.8, 4) is 11.1 Å². The Morgan fingerprint density at radius 1 is 1.21 bits per heavy atom.